The lowest BCUT2D eigenvalue weighted by atomic mass is 10.1. The predicted molar refractivity (Wildman–Crippen MR) is 76.2 cm³/mol. The van der Waals surface area contributed by atoms with E-state index in [4.69, 9.17) is 5.41 Å². The molecule has 5 heteroatoms. The van der Waals surface area contributed by atoms with Gasteiger partial charge in [0.05, 0.1) is 16.5 Å². The third kappa shape index (κ3) is 4.06. The molecule has 2 N–H and O–H groups in total. The van der Waals surface area contributed by atoms with Gasteiger partial charge in [0.1, 0.15) is 0 Å². The molecule has 0 aliphatic carbocycles. The summed E-state index contributed by atoms with van der Waals surface area (Å²) in [6.07, 6.45) is 4.38. The molecule has 1 aromatic rings. The Hall–Kier alpha value is -1.36. The molecule has 0 aromatic heterocycles. The molecule has 19 heavy (non-hydrogen) atoms. The second-order valence-electron chi connectivity index (χ2n) is 4.99. The van der Waals surface area contributed by atoms with Crippen LogP contribution in [-0.2, 0) is 9.84 Å². The van der Waals surface area contributed by atoms with Crippen molar-refractivity contribution >= 4 is 15.7 Å². The molecule has 0 bridgehead atoms. The monoisotopic (exact) mass is 280 g/mol. The van der Waals surface area contributed by atoms with E-state index in [1.165, 1.54) is 0 Å². The van der Waals surface area contributed by atoms with E-state index in [0.717, 1.165) is 25.7 Å². The summed E-state index contributed by atoms with van der Waals surface area (Å²) in [6, 6.07) is 8.69. The molecule has 1 fully saturated rings. The molecular formula is C14H20N2O2S. The normalized spacial score (nSPS) is 20.6. The van der Waals surface area contributed by atoms with Gasteiger partial charge in [0.2, 0.25) is 0 Å². The van der Waals surface area contributed by atoms with Crippen LogP contribution in [0.3, 0.4) is 0 Å². The van der Waals surface area contributed by atoms with Crippen LogP contribution in [0.1, 0.15) is 32.1 Å². The van der Waals surface area contributed by atoms with E-state index >= 15 is 0 Å². The van der Waals surface area contributed by atoms with Crippen molar-refractivity contribution in [3.05, 3.63) is 30.3 Å². The van der Waals surface area contributed by atoms with Gasteiger partial charge in [0.15, 0.2) is 9.84 Å². The minimum Gasteiger partial charge on any atom is -0.371 e. The van der Waals surface area contributed by atoms with Gasteiger partial charge in [-0.05, 0) is 31.4 Å². The third-order valence-corrected chi connectivity index (χ3v) is 5.21. The van der Waals surface area contributed by atoms with Crippen LogP contribution in [0.2, 0.25) is 0 Å². The van der Waals surface area contributed by atoms with Gasteiger partial charge in [0.25, 0.3) is 0 Å². The second kappa shape index (κ2) is 6.19. The van der Waals surface area contributed by atoms with Crippen LogP contribution in [0.25, 0.3) is 0 Å². The van der Waals surface area contributed by atoms with Crippen molar-refractivity contribution in [1.82, 2.24) is 5.32 Å². The van der Waals surface area contributed by atoms with Gasteiger partial charge in [-0.2, -0.15) is 0 Å². The van der Waals surface area contributed by atoms with E-state index in [-0.39, 0.29) is 11.8 Å². The number of benzene rings is 1. The zero-order chi connectivity index (χ0) is 13.7. The molecule has 1 unspecified atom stereocenters. The maximum absolute atomic E-state index is 12.2. The first-order chi connectivity index (χ1) is 9.08. The van der Waals surface area contributed by atoms with Crippen molar-refractivity contribution in [1.29, 1.82) is 5.41 Å². The lowest BCUT2D eigenvalue weighted by Crippen LogP contribution is -2.33. The van der Waals surface area contributed by atoms with Gasteiger partial charge in [-0.1, -0.05) is 24.6 Å². The highest BCUT2D eigenvalue weighted by Gasteiger charge is 2.19. The lowest BCUT2D eigenvalue weighted by Gasteiger charge is -2.16. The average Bonchev–Trinajstić information content (AvgIpc) is 2.62. The highest BCUT2D eigenvalue weighted by atomic mass is 32.2. The molecule has 1 saturated heterocycles. The number of hydrogen-bond donors (Lipinski definition) is 2. The summed E-state index contributed by atoms with van der Waals surface area (Å²) >= 11 is 0. The van der Waals surface area contributed by atoms with E-state index in [2.05, 4.69) is 5.32 Å². The van der Waals surface area contributed by atoms with Crippen molar-refractivity contribution in [2.75, 3.05) is 5.75 Å². The smallest absolute Gasteiger partial charge is 0.178 e. The van der Waals surface area contributed by atoms with Crippen molar-refractivity contribution in [3.8, 4) is 0 Å². The molecule has 0 spiro atoms. The molecule has 2 rings (SSSR count). The minimum absolute atomic E-state index is 0.119. The molecule has 1 heterocycles. The molecule has 4 nitrogen and oxygen atoms in total. The standard InChI is InChI=1S/C14H20N2O2S/c15-14-9-5-4-6-12(16-14)10-11-19(17,18)13-7-2-1-3-8-13/h1-3,7-8,12H,4-6,9-11H2,(H2,15,16). The van der Waals surface area contributed by atoms with Crippen LogP contribution in [0.15, 0.2) is 35.2 Å². The van der Waals surface area contributed by atoms with Gasteiger partial charge in [-0.25, -0.2) is 8.42 Å². The van der Waals surface area contributed by atoms with E-state index in [1.807, 2.05) is 6.07 Å². The molecule has 0 amide bonds. The van der Waals surface area contributed by atoms with Crippen LogP contribution in [0.5, 0.6) is 0 Å². The van der Waals surface area contributed by atoms with Crippen molar-refractivity contribution in [2.45, 2.75) is 43.0 Å². The molecule has 0 radical (unpaired) electrons. The Balaban J connectivity index is 1.96. The molecule has 1 aliphatic rings. The summed E-state index contributed by atoms with van der Waals surface area (Å²) in [7, 11) is -3.20. The van der Waals surface area contributed by atoms with Crippen LogP contribution in [-0.4, -0.2) is 26.0 Å². The maximum atomic E-state index is 12.2. The van der Waals surface area contributed by atoms with Crippen LogP contribution in [0, 0.1) is 5.41 Å². The summed E-state index contributed by atoms with van der Waals surface area (Å²) in [6.45, 7) is 0. The molecule has 104 valence electrons. The van der Waals surface area contributed by atoms with Gasteiger partial charge < -0.3 is 5.32 Å². The Kier molecular flexibility index (Phi) is 4.58. The minimum atomic E-state index is -3.20. The zero-order valence-corrected chi connectivity index (χ0v) is 11.7. The summed E-state index contributed by atoms with van der Waals surface area (Å²) in [5.41, 5.74) is 0. The van der Waals surface area contributed by atoms with Gasteiger partial charge in [-0.15, -0.1) is 0 Å². The number of amidine groups is 1. The fraction of sp³-hybridized carbons (Fsp3) is 0.500. The quantitative estimate of drug-likeness (QED) is 0.889. The Bertz CT molecular complexity index is 526. The van der Waals surface area contributed by atoms with Crippen molar-refractivity contribution in [3.63, 3.8) is 0 Å². The lowest BCUT2D eigenvalue weighted by molar-refractivity contribution is 0.528. The summed E-state index contributed by atoms with van der Waals surface area (Å²) in [4.78, 5) is 0.388. The highest BCUT2D eigenvalue weighted by molar-refractivity contribution is 7.91. The number of nitrogens with one attached hydrogen (secondary N) is 2. The SMILES string of the molecule is N=C1CCCCC(CCS(=O)(=O)c2ccccc2)N1. The number of sulfone groups is 1. The molecule has 1 aromatic carbocycles. The van der Waals surface area contributed by atoms with E-state index in [0.29, 0.717) is 17.2 Å². The van der Waals surface area contributed by atoms with Gasteiger partial charge >= 0.3 is 0 Å². The Morgan fingerprint density at radius 3 is 2.68 bits per heavy atom. The zero-order valence-electron chi connectivity index (χ0n) is 10.9. The van der Waals surface area contributed by atoms with Gasteiger partial charge in [-0.3, -0.25) is 5.41 Å². The molecule has 0 saturated carbocycles. The highest BCUT2D eigenvalue weighted by Crippen LogP contribution is 2.16. The summed E-state index contributed by atoms with van der Waals surface area (Å²) < 4.78 is 24.3. The molecule has 1 aliphatic heterocycles. The number of hydrogen-bond acceptors (Lipinski definition) is 3. The largest absolute Gasteiger partial charge is 0.371 e. The molecule has 1 atom stereocenters. The fourth-order valence-electron chi connectivity index (χ4n) is 2.34. The summed E-state index contributed by atoms with van der Waals surface area (Å²) in [5.74, 6) is 0.682. The first-order valence-electron chi connectivity index (χ1n) is 6.70. The summed E-state index contributed by atoms with van der Waals surface area (Å²) in [5, 5.41) is 10.8. The van der Waals surface area contributed by atoms with Crippen LogP contribution < -0.4 is 5.32 Å². The van der Waals surface area contributed by atoms with Gasteiger partial charge in [0, 0.05) is 12.5 Å². The maximum Gasteiger partial charge on any atom is 0.178 e. The Morgan fingerprint density at radius 1 is 1.21 bits per heavy atom. The van der Waals surface area contributed by atoms with Crippen LogP contribution >= 0.6 is 0 Å². The first-order valence-corrected chi connectivity index (χ1v) is 8.35. The van der Waals surface area contributed by atoms with Crippen LogP contribution in [0.4, 0.5) is 0 Å². The van der Waals surface area contributed by atoms with Crippen molar-refractivity contribution < 1.29 is 8.42 Å². The number of rotatable bonds is 4. The second-order valence-corrected chi connectivity index (χ2v) is 7.10. The topological polar surface area (TPSA) is 70.0 Å². The van der Waals surface area contributed by atoms with E-state index in [1.54, 1.807) is 24.3 Å². The van der Waals surface area contributed by atoms with Crippen molar-refractivity contribution in [2.24, 2.45) is 0 Å². The third-order valence-electron chi connectivity index (χ3n) is 3.45. The Labute approximate surface area is 114 Å². The Morgan fingerprint density at radius 2 is 1.95 bits per heavy atom. The van der Waals surface area contributed by atoms with E-state index in [9.17, 15) is 8.42 Å². The first kappa shape index (κ1) is 14.1. The molecular weight excluding hydrogens is 260 g/mol. The van der Waals surface area contributed by atoms with E-state index < -0.39 is 9.84 Å². The average molecular weight is 280 g/mol. The predicted octanol–water partition coefficient (Wildman–Crippen LogP) is 2.36. The fourth-order valence-corrected chi connectivity index (χ4v) is 3.75.